The number of ether oxygens (including phenoxy) is 1. The summed E-state index contributed by atoms with van der Waals surface area (Å²) in [5.74, 6) is 0.361. The molecule has 2 amide bonds. The van der Waals surface area contributed by atoms with E-state index in [-0.39, 0.29) is 24.8 Å². The monoisotopic (exact) mass is 560 g/mol. The van der Waals surface area contributed by atoms with E-state index in [2.05, 4.69) is 5.32 Å². The van der Waals surface area contributed by atoms with Gasteiger partial charge in [-0.3, -0.25) is 9.59 Å². The highest BCUT2D eigenvalue weighted by atomic mass is 35.5. The second-order valence-corrected chi connectivity index (χ2v) is 9.92. The lowest BCUT2D eigenvalue weighted by Gasteiger charge is -2.31. The molecule has 0 aromatic heterocycles. The van der Waals surface area contributed by atoms with Crippen LogP contribution in [0.1, 0.15) is 37.3 Å². The molecule has 37 heavy (non-hydrogen) atoms. The minimum Gasteiger partial charge on any atom is -0.494 e. The van der Waals surface area contributed by atoms with Crippen LogP contribution in [0.2, 0.25) is 15.1 Å². The molecule has 0 aliphatic carbocycles. The summed E-state index contributed by atoms with van der Waals surface area (Å²) < 4.78 is 5.75. The summed E-state index contributed by atoms with van der Waals surface area (Å²) in [5, 5.41) is 4.44. The Kier molecular flexibility index (Phi) is 11.6. The molecule has 0 aliphatic rings. The van der Waals surface area contributed by atoms with Gasteiger partial charge in [0.25, 0.3) is 0 Å². The molecule has 196 valence electrons. The topological polar surface area (TPSA) is 58.6 Å². The Hall–Kier alpha value is -2.73. The van der Waals surface area contributed by atoms with Gasteiger partial charge in [-0.15, -0.1) is 0 Å². The molecule has 8 heteroatoms. The molecule has 3 rings (SSSR count). The van der Waals surface area contributed by atoms with Gasteiger partial charge in [0.2, 0.25) is 11.8 Å². The summed E-state index contributed by atoms with van der Waals surface area (Å²) in [6, 6.07) is 21.3. The number of amides is 2. The highest BCUT2D eigenvalue weighted by molar-refractivity contribution is 6.42. The molecule has 0 heterocycles. The lowest BCUT2D eigenvalue weighted by Crippen LogP contribution is -2.50. The van der Waals surface area contributed by atoms with Gasteiger partial charge in [0.05, 0.1) is 16.7 Å². The first-order valence-electron chi connectivity index (χ1n) is 12.3. The van der Waals surface area contributed by atoms with Crippen LogP contribution >= 0.6 is 34.8 Å². The Labute approximate surface area is 233 Å². The summed E-state index contributed by atoms with van der Waals surface area (Å²) >= 11 is 18.3. The highest BCUT2D eigenvalue weighted by Crippen LogP contribution is 2.25. The fourth-order valence-electron chi connectivity index (χ4n) is 3.84. The van der Waals surface area contributed by atoms with Crippen molar-refractivity contribution in [2.45, 2.75) is 45.2 Å². The van der Waals surface area contributed by atoms with Crippen LogP contribution in [0.15, 0.2) is 72.8 Å². The summed E-state index contributed by atoms with van der Waals surface area (Å²) in [4.78, 5) is 28.5. The fraction of sp³-hybridized carbons (Fsp3) is 0.310. The predicted octanol–water partition coefficient (Wildman–Crippen LogP) is 6.97. The van der Waals surface area contributed by atoms with Crippen molar-refractivity contribution in [3.05, 3.63) is 99.0 Å². The Morgan fingerprint density at radius 2 is 1.65 bits per heavy atom. The van der Waals surface area contributed by atoms with Crippen molar-refractivity contribution in [1.29, 1.82) is 0 Å². The zero-order valence-electron chi connectivity index (χ0n) is 20.8. The Morgan fingerprint density at radius 1 is 0.919 bits per heavy atom. The normalized spacial score (nSPS) is 11.6. The number of carbonyl (C=O) groups excluding carboxylic acids is 2. The minimum atomic E-state index is -0.687. The first kappa shape index (κ1) is 28.8. The van der Waals surface area contributed by atoms with Gasteiger partial charge < -0.3 is 15.0 Å². The first-order chi connectivity index (χ1) is 17.9. The number of hydrogen-bond acceptors (Lipinski definition) is 3. The lowest BCUT2D eigenvalue weighted by atomic mass is 10.0. The number of benzene rings is 3. The van der Waals surface area contributed by atoms with Crippen molar-refractivity contribution in [3.63, 3.8) is 0 Å². The van der Waals surface area contributed by atoms with Gasteiger partial charge in [0.15, 0.2) is 0 Å². The van der Waals surface area contributed by atoms with E-state index in [1.807, 2.05) is 43.3 Å². The van der Waals surface area contributed by atoms with Gasteiger partial charge in [-0.05, 0) is 60.4 Å². The van der Waals surface area contributed by atoms with Gasteiger partial charge in [-0.25, -0.2) is 0 Å². The van der Waals surface area contributed by atoms with Crippen molar-refractivity contribution >= 4 is 46.6 Å². The van der Waals surface area contributed by atoms with E-state index >= 15 is 0 Å². The molecule has 0 bridgehead atoms. The van der Waals surface area contributed by atoms with Crippen molar-refractivity contribution < 1.29 is 14.3 Å². The van der Waals surface area contributed by atoms with Crippen LogP contribution in [0.25, 0.3) is 0 Å². The van der Waals surface area contributed by atoms with Gasteiger partial charge >= 0.3 is 0 Å². The van der Waals surface area contributed by atoms with E-state index in [1.165, 1.54) is 0 Å². The number of halogens is 3. The average Bonchev–Trinajstić information content (AvgIpc) is 2.90. The van der Waals surface area contributed by atoms with E-state index in [1.54, 1.807) is 41.3 Å². The molecule has 3 aromatic carbocycles. The van der Waals surface area contributed by atoms with Crippen LogP contribution in [0, 0.1) is 0 Å². The summed E-state index contributed by atoms with van der Waals surface area (Å²) in [7, 11) is 0. The molecule has 3 aromatic rings. The number of rotatable bonds is 13. The van der Waals surface area contributed by atoms with E-state index in [4.69, 9.17) is 39.5 Å². The number of nitrogens with zero attached hydrogens (tertiary/aromatic N) is 1. The Balaban J connectivity index is 1.79. The van der Waals surface area contributed by atoms with Crippen LogP contribution in [0.4, 0.5) is 0 Å². The molecule has 0 fully saturated rings. The molecular weight excluding hydrogens is 531 g/mol. The van der Waals surface area contributed by atoms with Crippen molar-refractivity contribution in [3.8, 4) is 5.75 Å². The fourth-order valence-corrected chi connectivity index (χ4v) is 4.29. The molecule has 0 spiro atoms. The van der Waals surface area contributed by atoms with E-state index in [0.717, 1.165) is 17.5 Å². The first-order valence-corrected chi connectivity index (χ1v) is 13.4. The van der Waals surface area contributed by atoms with E-state index in [9.17, 15) is 9.59 Å². The third kappa shape index (κ3) is 9.26. The average molecular weight is 562 g/mol. The molecule has 0 unspecified atom stereocenters. The predicted molar refractivity (Wildman–Crippen MR) is 150 cm³/mol. The Morgan fingerprint density at radius 3 is 2.32 bits per heavy atom. The number of nitrogens with one attached hydrogen (secondary N) is 1. The second kappa shape index (κ2) is 14.9. The third-order valence-electron chi connectivity index (χ3n) is 5.77. The third-order valence-corrected chi connectivity index (χ3v) is 6.77. The molecule has 1 N–H and O–H groups in total. The molecule has 0 aliphatic heterocycles. The van der Waals surface area contributed by atoms with Crippen molar-refractivity contribution in [2.24, 2.45) is 0 Å². The van der Waals surface area contributed by atoms with Crippen molar-refractivity contribution in [1.82, 2.24) is 10.2 Å². The lowest BCUT2D eigenvalue weighted by molar-refractivity contribution is -0.141. The van der Waals surface area contributed by atoms with Gasteiger partial charge in [-0.2, -0.15) is 0 Å². The van der Waals surface area contributed by atoms with Crippen LogP contribution in [0.5, 0.6) is 5.75 Å². The van der Waals surface area contributed by atoms with E-state index in [0.29, 0.717) is 46.8 Å². The molecular formula is C29H31Cl3N2O3. The van der Waals surface area contributed by atoms with Crippen LogP contribution in [-0.4, -0.2) is 35.9 Å². The van der Waals surface area contributed by atoms with Crippen molar-refractivity contribution in [2.75, 3.05) is 13.2 Å². The molecule has 1 atom stereocenters. The highest BCUT2D eigenvalue weighted by Gasteiger charge is 2.30. The second-order valence-electron chi connectivity index (χ2n) is 8.67. The standard InChI is InChI=1S/C29H31Cl3N2O3/c1-2-16-33-29(36)27(19-21-7-4-3-5-8-21)34(20-22-10-15-25(31)26(32)18-22)28(35)9-6-17-37-24-13-11-23(30)12-14-24/h3-5,7-8,10-15,18,27H,2,6,9,16-17,19-20H2,1H3,(H,33,36)/t27-/m1/s1. The van der Waals surface area contributed by atoms with Gasteiger partial charge in [-0.1, -0.05) is 78.1 Å². The van der Waals surface area contributed by atoms with Crippen LogP contribution in [-0.2, 0) is 22.6 Å². The maximum absolute atomic E-state index is 13.6. The quantitative estimate of drug-likeness (QED) is 0.229. The van der Waals surface area contributed by atoms with Crippen LogP contribution in [0.3, 0.4) is 0 Å². The van der Waals surface area contributed by atoms with E-state index < -0.39 is 6.04 Å². The van der Waals surface area contributed by atoms with Gasteiger partial charge in [0.1, 0.15) is 11.8 Å². The maximum atomic E-state index is 13.6. The summed E-state index contributed by atoms with van der Waals surface area (Å²) in [6.07, 6.45) is 1.91. The van der Waals surface area contributed by atoms with Crippen LogP contribution < -0.4 is 10.1 Å². The van der Waals surface area contributed by atoms with Gasteiger partial charge in [0, 0.05) is 31.0 Å². The zero-order chi connectivity index (χ0) is 26.6. The zero-order valence-corrected chi connectivity index (χ0v) is 23.0. The SMILES string of the molecule is CCCNC(=O)[C@@H](Cc1ccccc1)N(Cc1ccc(Cl)c(Cl)c1)C(=O)CCCOc1ccc(Cl)cc1. The molecule has 0 saturated carbocycles. The number of hydrogen-bond donors (Lipinski definition) is 1. The summed E-state index contributed by atoms with van der Waals surface area (Å²) in [5.41, 5.74) is 1.76. The maximum Gasteiger partial charge on any atom is 0.243 e. The Bertz CT molecular complexity index is 1160. The smallest absolute Gasteiger partial charge is 0.243 e. The molecule has 0 radical (unpaired) electrons. The largest absolute Gasteiger partial charge is 0.494 e. The minimum absolute atomic E-state index is 0.140. The molecule has 0 saturated heterocycles. The molecule has 5 nitrogen and oxygen atoms in total. The number of carbonyl (C=O) groups is 2. The summed E-state index contributed by atoms with van der Waals surface area (Å²) in [6.45, 7) is 3.11.